The van der Waals surface area contributed by atoms with E-state index in [0.29, 0.717) is 11.4 Å². The number of rotatable bonds is 4. The van der Waals surface area contributed by atoms with E-state index in [4.69, 9.17) is 9.47 Å². The molecule has 3 aromatic rings. The molecular weight excluding hydrogens is 292 g/mol. The van der Waals surface area contributed by atoms with Crippen LogP contribution in [0.5, 0.6) is 5.75 Å². The number of ether oxygens (including phenoxy) is 2. The maximum Gasteiger partial charge on any atom is 0.341 e. The molecule has 0 atom stereocenters. The Morgan fingerprint density at radius 1 is 1.04 bits per heavy atom. The number of esters is 1. The third-order valence-electron chi connectivity index (χ3n) is 3.48. The molecule has 0 bridgehead atoms. The van der Waals surface area contributed by atoms with Crippen LogP contribution in [0.15, 0.2) is 54.6 Å². The van der Waals surface area contributed by atoms with Crippen molar-refractivity contribution < 1.29 is 14.3 Å². The lowest BCUT2D eigenvalue weighted by Crippen LogP contribution is -2.07. The van der Waals surface area contributed by atoms with Crippen LogP contribution in [-0.2, 0) is 4.74 Å². The van der Waals surface area contributed by atoms with Crippen LogP contribution in [0.2, 0.25) is 0 Å². The second-order valence-electron chi connectivity index (χ2n) is 4.92. The van der Waals surface area contributed by atoms with Crippen LogP contribution < -0.4 is 10.1 Å². The second kappa shape index (κ2) is 6.36. The van der Waals surface area contributed by atoms with Crippen LogP contribution in [0, 0.1) is 0 Å². The number of pyridine rings is 1. The van der Waals surface area contributed by atoms with Crippen molar-refractivity contribution >= 4 is 28.4 Å². The number of benzene rings is 2. The van der Waals surface area contributed by atoms with E-state index in [1.165, 1.54) is 7.11 Å². The fraction of sp³-hybridized carbons (Fsp3) is 0.111. The lowest BCUT2D eigenvalue weighted by molar-refractivity contribution is 0.0601. The second-order valence-corrected chi connectivity index (χ2v) is 4.92. The van der Waals surface area contributed by atoms with E-state index in [9.17, 15) is 4.79 Å². The first-order valence-corrected chi connectivity index (χ1v) is 7.10. The zero-order chi connectivity index (χ0) is 16.2. The van der Waals surface area contributed by atoms with Crippen molar-refractivity contribution in [2.75, 3.05) is 19.5 Å². The van der Waals surface area contributed by atoms with Crippen LogP contribution >= 0.6 is 0 Å². The topological polar surface area (TPSA) is 60.5 Å². The molecule has 116 valence electrons. The maximum absolute atomic E-state index is 12.0. The van der Waals surface area contributed by atoms with Gasteiger partial charge >= 0.3 is 5.97 Å². The van der Waals surface area contributed by atoms with E-state index in [2.05, 4.69) is 10.3 Å². The summed E-state index contributed by atoms with van der Waals surface area (Å²) in [6, 6.07) is 16.8. The van der Waals surface area contributed by atoms with Crippen molar-refractivity contribution in [1.82, 2.24) is 4.98 Å². The fourth-order valence-electron chi connectivity index (χ4n) is 2.29. The molecule has 23 heavy (non-hydrogen) atoms. The largest absolute Gasteiger partial charge is 0.497 e. The highest BCUT2D eigenvalue weighted by Gasteiger charge is 2.15. The van der Waals surface area contributed by atoms with Crippen molar-refractivity contribution in [1.29, 1.82) is 0 Å². The number of nitrogens with zero attached hydrogens (tertiary/aromatic N) is 1. The number of para-hydroxylation sites is 1. The Kier molecular flexibility index (Phi) is 4.10. The molecule has 0 fully saturated rings. The Bertz CT molecular complexity index is 845. The van der Waals surface area contributed by atoms with E-state index in [1.807, 2.05) is 48.5 Å². The summed E-state index contributed by atoms with van der Waals surface area (Å²) in [5.41, 5.74) is 2.00. The number of methoxy groups -OCH3 is 2. The first-order chi connectivity index (χ1) is 11.2. The molecule has 1 aromatic heterocycles. The van der Waals surface area contributed by atoms with Gasteiger partial charge in [-0.15, -0.1) is 0 Å². The van der Waals surface area contributed by atoms with Crippen LogP contribution in [0.25, 0.3) is 10.9 Å². The molecule has 3 rings (SSSR count). The Morgan fingerprint density at radius 3 is 2.48 bits per heavy atom. The van der Waals surface area contributed by atoms with Gasteiger partial charge in [-0.3, -0.25) is 0 Å². The van der Waals surface area contributed by atoms with E-state index in [-0.39, 0.29) is 0 Å². The molecule has 0 radical (unpaired) electrons. The van der Waals surface area contributed by atoms with Gasteiger partial charge in [0.15, 0.2) is 0 Å². The maximum atomic E-state index is 12.0. The van der Waals surface area contributed by atoms with Crippen molar-refractivity contribution in [3.05, 3.63) is 60.2 Å². The lowest BCUT2D eigenvalue weighted by atomic mass is 10.1. The minimum Gasteiger partial charge on any atom is -0.497 e. The third-order valence-corrected chi connectivity index (χ3v) is 3.48. The number of nitrogens with one attached hydrogen (secondary N) is 1. The summed E-state index contributed by atoms with van der Waals surface area (Å²) in [4.78, 5) is 16.6. The van der Waals surface area contributed by atoms with Crippen LogP contribution in [-0.4, -0.2) is 25.2 Å². The number of carbonyl (C=O) groups is 1. The smallest absolute Gasteiger partial charge is 0.341 e. The van der Waals surface area contributed by atoms with Crippen molar-refractivity contribution in [2.24, 2.45) is 0 Å². The summed E-state index contributed by atoms with van der Waals surface area (Å²) in [6.07, 6.45) is 0. The number of hydrogen-bond donors (Lipinski definition) is 1. The van der Waals surface area contributed by atoms with Gasteiger partial charge < -0.3 is 14.8 Å². The highest BCUT2D eigenvalue weighted by molar-refractivity contribution is 5.99. The van der Waals surface area contributed by atoms with Crippen molar-refractivity contribution in [3.63, 3.8) is 0 Å². The summed E-state index contributed by atoms with van der Waals surface area (Å²) in [5, 5.41) is 4.05. The summed E-state index contributed by atoms with van der Waals surface area (Å²) in [6.45, 7) is 0. The Hall–Kier alpha value is -3.08. The van der Waals surface area contributed by atoms with Gasteiger partial charge in [0, 0.05) is 11.1 Å². The van der Waals surface area contributed by atoms with E-state index in [1.54, 1.807) is 13.2 Å². The average molecular weight is 308 g/mol. The molecule has 5 nitrogen and oxygen atoms in total. The number of aromatic nitrogens is 1. The van der Waals surface area contributed by atoms with Gasteiger partial charge in [-0.05, 0) is 36.4 Å². The Morgan fingerprint density at radius 2 is 1.78 bits per heavy atom. The zero-order valence-electron chi connectivity index (χ0n) is 12.9. The van der Waals surface area contributed by atoms with Gasteiger partial charge in [0.1, 0.15) is 17.1 Å². The standard InChI is InChI=1S/C18H16N2O3/c1-22-14-9-7-13(8-10-14)19-17-15(18(21)23-2)11-12-5-3-4-6-16(12)20-17/h3-11H,1-2H3,(H,19,20). The first kappa shape index (κ1) is 14.8. The highest BCUT2D eigenvalue weighted by Crippen LogP contribution is 2.25. The fourth-order valence-corrected chi connectivity index (χ4v) is 2.29. The Balaban J connectivity index is 2.04. The monoisotopic (exact) mass is 308 g/mol. The van der Waals surface area contributed by atoms with Gasteiger partial charge in [-0.25, -0.2) is 9.78 Å². The van der Waals surface area contributed by atoms with E-state index in [0.717, 1.165) is 22.3 Å². The molecule has 0 aliphatic rings. The number of hydrogen-bond acceptors (Lipinski definition) is 5. The molecule has 0 saturated heterocycles. The molecule has 2 aromatic carbocycles. The third kappa shape index (κ3) is 3.08. The molecule has 0 aliphatic carbocycles. The minimum atomic E-state index is -0.431. The number of fused-ring (bicyclic) bond motifs is 1. The van der Waals surface area contributed by atoms with Crippen LogP contribution in [0.3, 0.4) is 0 Å². The average Bonchev–Trinajstić information content (AvgIpc) is 2.61. The molecule has 1 N–H and O–H groups in total. The van der Waals surface area contributed by atoms with Crippen molar-refractivity contribution in [2.45, 2.75) is 0 Å². The van der Waals surface area contributed by atoms with Gasteiger partial charge in [0.25, 0.3) is 0 Å². The van der Waals surface area contributed by atoms with E-state index >= 15 is 0 Å². The molecular formula is C18H16N2O3. The quantitative estimate of drug-likeness (QED) is 0.743. The van der Waals surface area contributed by atoms with E-state index < -0.39 is 5.97 Å². The first-order valence-electron chi connectivity index (χ1n) is 7.10. The van der Waals surface area contributed by atoms with Crippen LogP contribution in [0.1, 0.15) is 10.4 Å². The predicted molar refractivity (Wildman–Crippen MR) is 89.4 cm³/mol. The predicted octanol–water partition coefficient (Wildman–Crippen LogP) is 3.77. The zero-order valence-corrected chi connectivity index (χ0v) is 12.9. The molecule has 0 amide bonds. The van der Waals surface area contributed by atoms with Gasteiger partial charge in [-0.1, -0.05) is 18.2 Å². The summed E-state index contributed by atoms with van der Waals surface area (Å²) in [5.74, 6) is 0.787. The van der Waals surface area contributed by atoms with Crippen LogP contribution in [0.4, 0.5) is 11.5 Å². The normalized spacial score (nSPS) is 10.3. The lowest BCUT2D eigenvalue weighted by Gasteiger charge is -2.12. The van der Waals surface area contributed by atoms with Gasteiger partial charge in [0.2, 0.25) is 0 Å². The van der Waals surface area contributed by atoms with Gasteiger partial charge in [0.05, 0.1) is 19.7 Å². The summed E-state index contributed by atoms with van der Waals surface area (Å²) >= 11 is 0. The van der Waals surface area contributed by atoms with Crippen molar-refractivity contribution in [3.8, 4) is 5.75 Å². The molecule has 0 unspecified atom stereocenters. The molecule has 1 heterocycles. The summed E-state index contributed by atoms with van der Waals surface area (Å²) < 4.78 is 10.0. The molecule has 0 aliphatic heterocycles. The molecule has 0 saturated carbocycles. The number of carbonyl (C=O) groups excluding carboxylic acids is 1. The summed E-state index contributed by atoms with van der Waals surface area (Å²) in [7, 11) is 2.97. The molecule has 0 spiro atoms. The Labute approximate surface area is 133 Å². The SMILES string of the molecule is COC(=O)c1cc2ccccc2nc1Nc1ccc(OC)cc1. The molecule has 5 heteroatoms. The minimum absolute atomic E-state index is 0.391. The number of anilines is 2. The highest BCUT2D eigenvalue weighted by atomic mass is 16.5. The van der Waals surface area contributed by atoms with Gasteiger partial charge in [-0.2, -0.15) is 0 Å².